The molecule has 0 bridgehead atoms. The lowest BCUT2D eigenvalue weighted by Gasteiger charge is -2.24. The molecule has 7 heteroatoms. The topological polar surface area (TPSA) is 64.1 Å². The van der Waals surface area contributed by atoms with Gasteiger partial charge in [-0.1, -0.05) is 0 Å². The summed E-state index contributed by atoms with van der Waals surface area (Å²) >= 11 is 0. The van der Waals surface area contributed by atoms with Crippen LogP contribution in [0.3, 0.4) is 0 Å². The molecule has 1 rings (SSSR count). The summed E-state index contributed by atoms with van der Waals surface area (Å²) in [7, 11) is 3.49. The molecule has 0 aromatic heterocycles. The molecule has 0 radical (unpaired) electrons. The first-order valence-corrected chi connectivity index (χ1v) is 7.76. The first-order valence-electron chi connectivity index (χ1n) is 7.76. The van der Waals surface area contributed by atoms with Gasteiger partial charge in [0.05, 0.1) is 11.7 Å². The van der Waals surface area contributed by atoms with E-state index in [1.165, 1.54) is 0 Å². The zero-order valence-corrected chi connectivity index (χ0v) is 16.6. The van der Waals surface area contributed by atoms with Crippen molar-refractivity contribution in [3.63, 3.8) is 0 Å². The molecule has 0 aliphatic carbocycles. The monoisotopic (exact) mass is 429 g/mol. The Morgan fingerprint density at radius 1 is 1.27 bits per heavy atom. The molecule has 132 valence electrons. The maximum Gasteiger partial charge on any atom is 0.191 e. The fourth-order valence-electron chi connectivity index (χ4n) is 1.96. The molecule has 0 aromatic carbocycles. The van der Waals surface area contributed by atoms with Gasteiger partial charge >= 0.3 is 0 Å². The van der Waals surface area contributed by atoms with Gasteiger partial charge in [0.15, 0.2) is 5.96 Å². The summed E-state index contributed by atoms with van der Waals surface area (Å²) in [5, 5.41) is 6.54. The van der Waals surface area contributed by atoms with Crippen LogP contribution in [0.5, 0.6) is 0 Å². The summed E-state index contributed by atoms with van der Waals surface area (Å²) in [6.07, 6.45) is 3.37. The molecule has 1 aliphatic rings. The highest BCUT2D eigenvalue weighted by molar-refractivity contribution is 14.0. The van der Waals surface area contributed by atoms with Crippen molar-refractivity contribution in [2.75, 3.05) is 47.1 Å². The Labute approximate surface area is 151 Å². The molecule has 1 aliphatic heterocycles. The minimum atomic E-state index is -0.205. The minimum Gasteiger partial charge on any atom is -0.381 e. The Hall–Kier alpha value is -0.120. The van der Waals surface area contributed by atoms with Crippen molar-refractivity contribution in [3.8, 4) is 0 Å². The summed E-state index contributed by atoms with van der Waals surface area (Å²) in [5.74, 6) is 0.797. The highest BCUT2D eigenvalue weighted by atomic mass is 127. The number of hydrogen-bond acceptors (Lipinski definition) is 4. The average molecular weight is 429 g/mol. The van der Waals surface area contributed by atoms with Crippen molar-refractivity contribution < 1.29 is 14.2 Å². The van der Waals surface area contributed by atoms with Crippen LogP contribution in [0.15, 0.2) is 4.99 Å². The van der Waals surface area contributed by atoms with E-state index in [1.54, 1.807) is 14.2 Å². The number of guanidine groups is 1. The third kappa shape index (κ3) is 9.81. The molecule has 0 aromatic rings. The SMILES string of the molecule is CN=C(NCCCOC1CCOCC1)NCC(C)(C)OC.I. The molecule has 6 nitrogen and oxygen atoms in total. The first kappa shape index (κ1) is 21.9. The van der Waals surface area contributed by atoms with Gasteiger partial charge in [-0.15, -0.1) is 24.0 Å². The number of halogens is 1. The molecular formula is C15H32IN3O3. The van der Waals surface area contributed by atoms with E-state index in [9.17, 15) is 0 Å². The van der Waals surface area contributed by atoms with Crippen LogP contribution >= 0.6 is 24.0 Å². The van der Waals surface area contributed by atoms with Crippen molar-refractivity contribution in [1.82, 2.24) is 10.6 Å². The lowest BCUT2D eigenvalue weighted by molar-refractivity contribution is -0.0320. The van der Waals surface area contributed by atoms with Crippen LogP contribution < -0.4 is 10.6 Å². The molecule has 2 N–H and O–H groups in total. The molecule has 0 spiro atoms. The van der Waals surface area contributed by atoms with Crippen LogP contribution in [0.25, 0.3) is 0 Å². The maximum atomic E-state index is 5.83. The van der Waals surface area contributed by atoms with Crippen LogP contribution in [0, 0.1) is 0 Å². The van der Waals surface area contributed by atoms with Gasteiger partial charge in [0.2, 0.25) is 0 Å². The van der Waals surface area contributed by atoms with Gasteiger partial charge in [-0.3, -0.25) is 4.99 Å². The summed E-state index contributed by atoms with van der Waals surface area (Å²) in [4.78, 5) is 4.19. The second-order valence-corrected chi connectivity index (χ2v) is 5.85. The van der Waals surface area contributed by atoms with Gasteiger partial charge < -0.3 is 24.8 Å². The summed E-state index contributed by atoms with van der Waals surface area (Å²) in [6.45, 7) is 8.06. The van der Waals surface area contributed by atoms with E-state index in [-0.39, 0.29) is 29.6 Å². The molecule has 0 saturated carbocycles. The third-order valence-electron chi connectivity index (χ3n) is 3.59. The molecule has 0 unspecified atom stereocenters. The Balaban J connectivity index is 0.00000441. The standard InChI is InChI=1S/C15H31N3O3.HI/c1-15(2,19-4)12-18-14(16-3)17-8-5-9-21-13-6-10-20-11-7-13;/h13H,5-12H2,1-4H3,(H2,16,17,18);1H. The van der Waals surface area contributed by atoms with Gasteiger partial charge in [0.1, 0.15) is 0 Å². The zero-order chi connectivity index (χ0) is 15.6. The van der Waals surface area contributed by atoms with Crippen LogP contribution in [0.1, 0.15) is 33.1 Å². The number of rotatable bonds is 8. The molecule has 0 atom stereocenters. The number of hydrogen-bond donors (Lipinski definition) is 2. The summed E-state index contributed by atoms with van der Waals surface area (Å²) in [5.41, 5.74) is -0.205. The summed E-state index contributed by atoms with van der Waals surface area (Å²) < 4.78 is 16.5. The quantitative estimate of drug-likeness (QED) is 0.267. The van der Waals surface area contributed by atoms with Crippen molar-refractivity contribution in [2.45, 2.75) is 44.8 Å². The van der Waals surface area contributed by atoms with E-state index in [2.05, 4.69) is 15.6 Å². The Kier molecular flexibility index (Phi) is 12.3. The van der Waals surface area contributed by atoms with Gasteiger partial charge in [0, 0.05) is 47.1 Å². The van der Waals surface area contributed by atoms with Crippen molar-refractivity contribution in [3.05, 3.63) is 0 Å². The van der Waals surface area contributed by atoms with Crippen LogP contribution in [0.2, 0.25) is 0 Å². The lowest BCUT2D eigenvalue weighted by Crippen LogP contribution is -2.45. The van der Waals surface area contributed by atoms with E-state index >= 15 is 0 Å². The Bertz CT molecular complexity index is 308. The Morgan fingerprint density at radius 3 is 2.55 bits per heavy atom. The van der Waals surface area contributed by atoms with Crippen molar-refractivity contribution in [2.24, 2.45) is 4.99 Å². The summed E-state index contributed by atoms with van der Waals surface area (Å²) in [6, 6.07) is 0. The molecule has 22 heavy (non-hydrogen) atoms. The third-order valence-corrected chi connectivity index (χ3v) is 3.59. The number of ether oxygens (including phenoxy) is 3. The average Bonchev–Trinajstić information content (AvgIpc) is 2.51. The minimum absolute atomic E-state index is 0. The first-order chi connectivity index (χ1) is 10.1. The number of nitrogens with one attached hydrogen (secondary N) is 2. The zero-order valence-electron chi connectivity index (χ0n) is 14.3. The highest BCUT2D eigenvalue weighted by Gasteiger charge is 2.16. The molecule has 0 amide bonds. The smallest absolute Gasteiger partial charge is 0.191 e. The maximum absolute atomic E-state index is 5.83. The van der Waals surface area contributed by atoms with E-state index in [1.807, 2.05) is 13.8 Å². The van der Waals surface area contributed by atoms with Crippen LogP contribution in [-0.2, 0) is 14.2 Å². The highest BCUT2D eigenvalue weighted by Crippen LogP contribution is 2.10. The predicted molar refractivity (Wildman–Crippen MR) is 100 cm³/mol. The molecule has 1 fully saturated rings. The Morgan fingerprint density at radius 2 is 1.95 bits per heavy atom. The predicted octanol–water partition coefficient (Wildman–Crippen LogP) is 1.78. The molecule has 1 saturated heterocycles. The van der Waals surface area contributed by atoms with Gasteiger partial charge in [-0.25, -0.2) is 0 Å². The fraction of sp³-hybridized carbons (Fsp3) is 0.933. The molecule has 1 heterocycles. The van der Waals surface area contributed by atoms with Crippen molar-refractivity contribution >= 4 is 29.9 Å². The van der Waals surface area contributed by atoms with E-state index in [0.29, 0.717) is 12.6 Å². The largest absolute Gasteiger partial charge is 0.381 e. The van der Waals surface area contributed by atoms with E-state index in [4.69, 9.17) is 14.2 Å². The van der Waals surface area contributed by atoms with Gasteiger partial charge in [0.25, 0.3) is 0 Å². The van der Waals surface area contributed by atoms with Gasteiger partial charge in [-0.2, -0.15) is 0 Å². The number of methoxy groups -OCH3 is 1. The lowest BCUT2D eigenvalue weighted by atomic mass is 10.1. The second kappa shape index (κ2) is 12.3. The fourth-order valence-corrected chi connectivity index (χ4v) is 1.96. The number of nitrogens with zero attached hydrogens (tertiary/aromatic N) is 1. The normalized spacial score (nSPS) is 17.0. The van der Waals surface area contributed by atoms with Crippen LogP contribution in [-0.4, -0.2) is 64.7 Å². The van der Waals surface area contributed by atoms with E-state index < -0.39 is 0 Å². The second-order valence-electron chi connectivity index (χ2n) is 5.85. The van der Waals surface area contributed by atoms with Crippen molar-refractivity contribution in [1.29, 1.82) is 0 Å². The number of aliphatic imine (C=N–C) groups is 1. The van der Waals surface area contributed by atoms with Gasteiger partial charge in [-0.05, 0) is 33.1 Å². The van der Waals surface area contributed by atoms with Crippen LogP contribution in [0.4, 0.5) is 0 Å². The molecular weight excluding hydrogens is 397 g/mol. The van der Waals surface area contributed by atoms with E-state index in [0.717, 1.165) is 51.6 Å².